The van der Waals surface area contributed by atoms with Gasteiger partial charge in [-0.15, -0.1) is 0 Å². The maximum absolute atomic E-state index is 5.53. The first kappa shape index (κ1) is 17.0. The summed E-state index contributed by atoms with van der Waals surface area (Å²) in [4.78, 5) is 6.50. The van der Waals surface area contributed by atoms with Gasteiger partial charge < -0.3 is 13.9 Å². The van der Waals surface area contributed by atoms with Gasteiger partial charge >= 0.3 is 0 Å². The summed E-state index contributed by atoms with van der Waals surface area (Å²) in [6.45, 7) is 2.20. The van der Waals surface area contributed by atoms with E-state index in [0.29, 0.717) is 6.54 Å². The highest BCUT2D eigenvalue weighted by molar-refractivity contribution is 5.40. The van der Waals surface area contributed by atoms with Crippen LogP contribution in [0.4, 0.5) is 0 Å². The van der Waals surface area contributed by atoms with Crippen molar-refractivity contribution in [3.8, 4) is 11.5 Å². The number of methoxy groups -OCH3 is 2. The molecule has 0 fully saturated rings. The smallest absolute Gasteiger partial charge is 0.127 e. The summed E-state index contributed by atoms with van der Waals surface area (Å²) < 4.78 is 16.3. The van der Waals surface area contributed by atoms with E-state index in [1.807, 2.05) is 42.6 Å². The third-order valence-corrected chi connectivity index (χ3v) is 3.98. The summed E-state index contributed by atoms with van der Waals surface area (Å²) in [6, 6.07) is 13.8. The van der Waals surface area contributed by atoms with Gasteiger partial charge in [-0.1, -0.05) is 12.1 Å². The van der Waals surface area contributed by atoms with Crippen molar-refractivity contribution in [2.24, 2.45) is 0 Å². The van der Waals surface area contributed by atoms with Crippen LogP contribution >= 0.6 is 0 Å². The predicted molar refractivity (Wildman–Crippen MR) is 95.4 cm³/mol. The van der Waals surface area contributed by atoms with E-state index in [4.69, 9.17) is 13.9 Å². The van der Waals surface area contributed by atoms with Gasteiger partial charge in [0.1, 0.15) is 17.3 Å². The first-order valence-corrected chi connectivity index (χ1v) is 8.13. The Balaban J connectivity index is 1.81. The lowest BCUT2D eigenvalue weighted by atomic mass is 10.1. The van der Waals surface area contributed by atoms with E-state index in [9.17, 15) is 0 Å². The molecule has 0 saturated carbocycles. The normalized spacial score (nSPS) is 10.8. The number of furan rings is 1. The van der Waals surface area contributed by atoms with Crippen LogP contribution in [-0.4, -0.2) is 24.1 Å². The molecule has 0 saturated heterocycles. The molecule has 5 heteroatoms. The zero-order valence-electron chi connectivity index (χ0n) is 14.5. The zero-order valence-corrected chi connectivity index (χ0v) is 14.5. The molecule has 0 spiro atoms. The molecule has 2 aromatic heterocycles. The molecule has 0 radical (unpaired) electrons. The zero-order chi connectivity index (χ0) is 17.5. The number of aromatic nitrogens is 1. The van der Waals surface area contributed by atoms with E-state index >= 15 is 0 Å². The largest absolute Gasteiger partial charge is 0.497 e. The van der Waals surface area contributed by atoms with Gasteiger partial charge in [0.2, 0.25) is 0 Å². The van der Waals surface area contributed by atoms with Crippen LogP contribution in [0.25, 0.3) is 0 Å². The third-order valence-electron chi connectivity index (χ3n) is 3.98. The highest BCUT2D eigenvalue weighted by Crippen LogP contribution is 2.26. The Bertz CT molecular complexity index is 773. The van der Waals surface area contributed by atoms with E-state index in [1.54, 1.807) is 26.7 Å². The van der Waals surface area contributed by atoms with Gasteiger partial charge in [-0.05, 0) is 29.8 Å². The van der Waals surface area contributed by atoms with E-state index in [2.05, 4.69) is 16.0 Å². The molecule has 0 aliphatic heterocycles. The third kappa shape index (κ3) is 4.61. The van der Waals surface area contributed by atoms with E-state index in [1.165, 1.54) is 0 Å². The van der Waals surface area contributed by atoms with Crippen LogP contribution in [0.5, 0.6) is 11.5 Å². The van der Waals surface area contributed by atoms with Crippen LogP contribution < -0.4 is 9.47 Å². The van der Waals surface area contributed by atoms with Crippen molar-refractivity contribution in [2.75, 3.05) is 14.2 Å². The predicted octanol–water partition coefficient (Wildman–Crippen LogP) is 3.89. The number of benzene rings is 1. The number of ether oxygens (including phenoxy) is 2. The summed E-state index contributed by atoms with van der Waals surface area (Å²) in [5, 5.41) is 0. The number of pyridine rings is 1. The van der Waals surface area contributed by atoms with Crippen LogP contribution in [0.15, 0.2) is 65.5 Å². The second-order valence-electron chi connectivity index (χ2n) is 5.76. The Morgan fingerprint density at radius 2 is 1.92 bits per heavy atom. The number of nitrogens with zero attached hydrogens (tertiary/aromatic N) is 2. The molecular formula is C20H22N2O3. The van der Waals surface area contributed by atoms with Gasteiger partial charge in [-0.3, -0.25) is 9.88 Å². The molecular weight excluding hydrogens is 316 g/mol. The molecule has 5 nitrogen and oxygen atoms in total. The fourth-order valence-electron chi connectivity index (χ4n) is 2.76. The molecule has 0 aliphatic carbocycles. The van der Waals surface area contributed by atoms with Crippen LogP contribution in [0.2, 0.25) is 0 Å². The quantitative estimate of drug-likeness (QED) is 0.623. The molecule has 0 atom stereocenters. The van der Waals surface area contributed by atoms with Gasteiger partial charge in [0, 0.05) is 37.1 Å². The second kappa shape index (κ2) is 8.35. The lowest BCUT2D eigenvalue weighted by Crippen LogP contribution is -2.22. The first-order chi connectivity index (χ1) is 12.3. The summed E-state index contributed by atoms with van der Waals surface area (Å²) in [5.41, 5.74) is 2.25. The summed E-state index contributed by atoms with van der Waals surface area (Å²) >= 11 is 0. The van der Waals surface area contributed by atoms with E-state index < -0.39 is 0 Å². The Morgan fingerprint density at radius 1 is 1.00 bits per heavy atom. The Morgan fingerprint density at radius 3 is 2.60 bits per heavy atom. The van der Waals surface area contributed by atoms with E-state index in [0.717, 1.165) is 41.5 Å². The molecule has 130 valence electrons. The maximum atomic E-state index is 5.53. The molecule has 2 heterocycles. The van der Waals surface area contributed by atoms with E-state index in [-0.39, 0.29) is 0 Å². The Labute approximate surface area is 147 Å². The molecule has 0 N–H and O–H groups in total. The fraction of sp³-hybridized carbons (Fsp3) is 0.250. The van der Waals surface area contributed by atoms with Crippen molar-refractivity contribution < 1.29 is 13.9 Å². The van der Waals surface area contributed by atoms with Gasteiger partial charge in [0.05, 0.1) is 27.0 Å². The van der Waals surface area contributed by atoms with Crippen LogP contribution in [0.3, 0.4) is 0 Å². The first-order valence-electron chi connectivity index (χ1n) is 8.13. The summed E-state index contributed by atoms with van der Waals surface area (Å²) in [6.07, 6.45) is 5.37. The highest BCUT2D eigenvalue weighted by atomic mass is 16.5. The lowest BCUT2D eigenvalue weighted by molar-refractivity contribution is 0.223. The topological polar surface area (TPSA) is 47.7 Å². The molecule has 0 bridgehead atoms. The summed E-state index contributed by atoms with van der Waals surface area (Å²) in [7, 11) is 3.33. The number of hydrogen-bond donors (Lipinski definition) is 0. The molecule has 25 heavy (non-hydrogen) atoms. The molecule has 1 aromatic carbocycles. The average Bonchev–Trinajstić information content (AvgIpc) is 3.16. The fourth-order valence-corrected chi connectivity index (χ4v) is 2.76. The average molecular weight is 338 g/mol. The molecule has 0 amide bonds. The Kier molecular flexibility index (Phi) is 5.69. The van der Waals surface area contributed by atoms with Crippen LogP contribution in [0, 0.1) is 0 Å². The van der Waals surface area contributed by atoms with Gasteiger partial charge in [-0.25, -0.2) is 0 Å². The van der Waals surface area contributed by atoms with Crippen molar-refractivity contribution in [1.82, 2.24) is 9.88 Å². The van der Waals surface area contributed by atoms with Gasteiger partial charge in [-0.2, -0.15) is 0 Å². The van der Waals surface area contributed by atoms with Crippen molar-refractivity contribution in [3.05, 3.63) is 78.0 Å². The monoisotopic (exact) mass is 338 g/mol. The van der Waals surface area contributed by atoms with Gasteiger partial charge in [0.15, 0.2) is 0 Å². The minimum atomic E-state index is 0.705. The Hall–Kier alpha value is -2.79. The number of rotatable bonds is 8. The molecule has 3 rings (SSSR count). The van der Waals surface area contributed by atoms with Crippen molar-refractivity contribution >= 4 is 0 Å². The maximum Gasteiger partial charge on any atom is 0.127 e. The SMILES string of the molecule is COc1ccc(CN(Cc2cccnc2)Cc2ccco2)c(OC)c1. The number of hydrogen-bond acceptors (Lipinski definition) is 5. The minimum absolute atomic E-state index is 0.705. The van der Waals surface area contributed by atoms with Crippen LogP contribution in [-0.2, 0) is 19.6 Å². The second-order valence-corrected chi connectivity index (χ2v) is 5.76. The highest BCUT2D eigenvalue weighted by Gasteiger charge is 2.13. The molecule has 0 aliphatic rings. The van der Waals surface area contributed by atoms with Crippen molar-refractivity contribution in [2.45, 2.75) is 19.6 Å². The van der Waals surface area contributed by atoms with Crippen LogP contribution in [0.1, 0.15) is 16.9 Å². The van der Waals surface area contributed by atoms with Gasteiger partial charge in [0.25, 0.3) is 0 Å². The van der Waals surface area contributed by atoms with Crippen molar-refractivity contribution in [1.29, 1.82) is 0 Å². The standard InChI is InChI=1S/C20H22N2O3/c1-23-18-8-7-17(20(11-18)24-2)14-22(15-19-6-4-10-25-19)13-16-5-3-9-21-12-16/h3-12H,13-15H2,1-2H3. The summed E-state index contributed by atoms with van der Waals surface area (Å²) in [5.74, 6) is 2.52. The molecule has 0 unspecified atom stereocenters. The lowest BCUT2D eigenvalue weighted by Gasteiger charge is -2.22. The minimum Gasteiger partial charge on any atom is -0.497 e. The molecule has 3 aromatic rings. The van der Waals surface area contributed by atoms with Crippen molar-refractivity contribution in [3.63, 3.8) is 0 Å².